The Morgan fingerprint density at radius 1 is 0.871 bits per heavy atom. The monoisotopic (exact) mass is 750 g/mol. The van der Waals surface area contributed by atoms with Crippen molar-refractivity contribution in [2.24, 2.45) is 0 Å². The average Bonchev–Trinajstić information content (AvgIpc) is 2.63. The molecule has 31 heavy (non-hydrogen) atoms. The third-order valence-corrected chi connectivity index (χ3v) is 6.78. The number of carbonyl (C=O) groups is 2. The predicted octanol–water partition coefficient (Wildman–Crippen LogP) is 7.09. The number of phenolic OH excluding ortho intramolecular Hbond substituents is 2. The molecule has 0 fully saturated rings. The van der Waals surface area contributed by atoms with Crippen LogP contribution in [0.5, 0.6) is 11.5 Å². The van der Waals surface area contributed by atoms with Crippen LogP contribution in [0.2, 0.25) is 0 Å². The highest BCUT2D eigenvalue weighted by atomic mass is 79.9. The van der Waals surface area contributed by atoms with Crippen LogP contribution in [0.1, 0.15) is 27.7 Å². The molecule has 6 nitrogen and oxygen atoms in total. The Balaban J connectivity index is 0.000000479. The zero-order chi connectivity index (χ0) is 24.6. The number of carbonyl (C=O) groups excluding carboxylic acids is 2. The largest absolute Gasteiger partial charge is 0.505 e. The maximum atomic E-state index is 11.6. The quantitative estimate of drug-likeness (QED) is 0.116. The highest BCUT2D eigenvalue weighted by molar-refractivity contribution is 9.20. The molecule has 0 atom stereocenters. The molecular weight excluding hydrogens is 732 g/mol. The average molecular weight is 755 g/mol. The first-order valence-corrected chi connectivity index (χ1v) is 12.5. The standard InChI is InChI=1S/C10H11Br2NO2.C6H6BrNO.C4H6Br2O/c1-10(2,12)9(15)13-7-5-3-4-6(11)8(7)14;7-4-2-1-3-5(8)6(4)9;1-4(2,6)3(5)7/h3-5,14H,1-2H3,(H,13,15);1-3,9H,8H2;1-2H3. The number of anilines is 2. The first-order valence-electron chi connectivity index (χ1n) is 8.58. The minimum atomic E-state index is -0.665. The maximum Gasteiger partial charge on any atom is 0.240 e. The summed E-state index contributed by atoms with van der Waals surface area (Å²) in [5.74, 6) is -0.0731. The Bertz CT molecular complexity index is 889. The number of benzene rings is 2. The van der Waals surface area contributed by atoms with Gasteiger partial charge in [0.1, 0.15) is 0 Å². The summed E-state index contributed by atoms with van der Waals surface area (Å²) in [6.45, 7) is 7.03. The second-order valence-electron chi connectivity index (χ2n) is 6.99. The molecule has 1 amide bonds. The van der Waals surface area contributed by atoms with E-state index in [0.29, 0.717) is 20.3 Å². The van der Waals surface area contributed by atoms with E-state index in [0.717, 1.165) is 0 Å². The lowest BCUT2D eigenvalue weighted by Crippen LogP contribution is -2.30. The molecule has 11 heteroatoms. The second kappa shape index (κ2) is 13.2. The highest BCUT2D eigenvalue weighted by Gasteiger charge is 2.24. The Morgan fingerprint density at radius 3 is 1.65 bits per heavy atom. The first kappa shape index (κ1) is 30.4. The first-order chi connectivity index (χ1) is 14.0. The Labute approximate surface area is 224 Å². The van der Waals surface area contributed by atoms with Gasteiger partial charge in [-0.25, -0.2) is 0 Å². The fourth-order valence-corrected chi connectivity index (χ4v) is 2.27. The summed E-state index contributed by atoms with van der Waals surface area (Å²) < 4.78 is 0.0737. The summed E-state index contributed by atoms with van der Waals surface area (Å²) in [4.78, 5) is 21.9. The number of phenols is 2. The number of halogens is 5. The number of para-hydroxylation sites is 2. The Kier molecular flexibility index (Phi) is 12.9. The van der Waals surface area contributed by atoms with Crippen LogP contribution in [0.4, 0.5) is 11.4 Å². The van der Waals surface area contributed by atoms with Crippen LogP contribution in [-0.4, -0.2) is 29.5 Å². The van der Waals surface area contributed by atoms with Gasteiger partial charge in [0.2, 0.25) is 10.6 Å². The highest BCUT2D eigenvalue weighted by Crippen LogP contribution is 2.32. The van der Waals surface area contributed by atoms with Crippen molar-refractivity contribution < 1.29 is 19.8 Å². The minimum Gasteiger partial charge on any atom is -0.505 e. The van der Waals surface area contributed by atoms with Gasteiger partial charge in [0.05, 0.1) is 29.0 Å². The van der Waals surface area contributed by atoms with E-state index in [1.54, 1.807) is 64.1 Å². The minimum absolute atomic E-state index is 0.0278. The molecule has 0 spiro atoms. The van der Waals surface area contributed by atoms with Crippen molar-refractivity contribution in [1.29, 1.82) is 0 Å². The maximum absolute atomic E-state index is 11.6. The summed E-state index contributed by atoms with van der Waals surface area (Å²) in [7, 11) is 0. The SMILES string of the molecule is CC(C)(Br)C(=O)Br.CC(C)(Br)C(=O)Nc1cccc(Br)c1O.Nc1cccc(Br)c1O. The van der Waals surface area contributed by atoms with Gasteiger partial charge in [0.25, 0.3) is 0 Å². The van der Waals surface area contributed by atoms with Gasteiger partial charge in [-0.15, -0.1) is 0 Å². The van der Waals surface area contributed by atoms with Gasteiger partial charge in [0, 0.05) is 0 Å². The smallest absolute Gasteiger partial charge is 0.240 e. The van der Waals surface area contributed by atoms with Gasteiger partial charge in [-0.2, -0.15) is 0 Å². The number of aromatic hydroxyl groups is 2. The number of amides is 1. The van der Waals surface area contributed by atoms with Gasteiger partial charge < -0.3 is 21.3 Å². The van der Waals surface area contributed by atoms with Crippen LogP contribution in [0.25, 0.3) is 0 Å². The second-order valence-corrected chi connectivity index (χ2v) is 13.4. The number of rotatable bonds is 3. The molecule has 0 aromatic heterocycles. The van der Waals surface area contributed by atoms with Crippen molar-refractivity contribution in [3.8, 4) is 11.5 Å². The van der Waals surface area contributed by atoms with Gasteiger partial charge in [-0.3, -0.25) is 9.59 Å². The predicted molar refractivity (Wildman–Crippen MR) is 145 cm³/mol. The van der Waals surface area contributed by atoms with Crippen molar-refractivity contribution in [2.75, 3.05) is 11.1 Å². The number of alkyl halides is 2. The molecule has 0 aliphatic carbocycles. The van der Waals surface area contributed by atoms with E-state index >= 15 is 0 Å². The van der Waals surface area contributed by atoms with E-state index in [-0.39, 0.29) is 22.1 Å². The molecule has 0 radical (unpaired) electrons. The molecule has 2 aromatic carbocycles. The van der Waals surface area contributed by atoms with Crippen molar-refractivity contribution in [1.82, 2.24) is 0 Å². The van der Waals surface area contributed by atoms with Gasteiger partial charge in [-0.1, -0.05) is 44.0 Å². The molecule has 0 saturated heterocycles. The van der Waals surface area contributed by atoms with Gasteiger partial charge in [-0.05, 0) is 99.8 Å². The van der Waals surface area contributed by atoms with Crippen LogP contribution < -0.4 is 11.1 Å². The number of nitrogen functional groups attached to an aromatic ring is 1. The molecule has 2 aromatic rings. The lowest BCUT2D eigenvalue weighted by Gasteiger charge is -2.16. The number of hydrogen-bond acceptors (Lipinski definition) is 5. The van der Waals surface area contributed by atoms with E-state index in [1.807, 2.05) is 0 Å². The molecule has 0 bridgehead atoms. The van der Waals surface area contributed by atoms with Crippen LogP contribution in [0, 0.1) is 0 Å². The molecule has 172 valence electrons. The van der Waals surface area contributed by atoms with Crippen molar-refractivity contribution in [2.45, 2.75) is 36.3 Å². The van der Waals surface area contributed by atoms with Gasteiger partial charge in [0.15, 0.2) is 11.5 Å². The van der Waals surface area contributed by atoms with E-state index in [9.17, 15) is 14.7 Å². The zero-order valence-corrected chi connectivity index (χ0v) is 25.1. The van der Waals surface area contributed by atoms with Crippen LogP contribution in [-0.2, 0) is 9.59 Å². The van der Waals surface area contributed by atoms with E-state index < -0.39 is 8.65 Å². The molecular formula is C20H23Br5N2O4. The summed E-state index contributed by atoms with van der Waals surface area (Å²) >= 11 is 15.5. The third kappa shape index (κ3) is 11.7. The lowest BCUT2D eigenvalue weighted by atomic mass is 10.2. The van der Waals surface area contributed by atoms with E-state index in [4.69, 9.17) is 10.8 Å². The molecule has 0 unspecified atom stereocenters. The Hall–Kier alpha value is -0.620. The molecule has 0 aliphatic rings. The van der Waals surface area contributed by atoms with Crippen molar-refractivity contribution in [3.63, 3.8) is 0 Å². The van der Waals surface area contributed by atoms with E-state index in [1.165, 1.54) is 0 Å². The summed E-state index contributed by atoms with van der Waals surface area (Å²) in [6.07, 6.45) is 0. The molecule has 5 N–H and O–H groups in total. The number of nitrogens with two attached hydrogens (primary N) is 1. The van der Waals surface area contributed by atoms with Crippen LogP contribution in [0.15, 0.2) is 45.3 Å². The lowest BCUT2D eigenvalue weighted by molar-refractivity contribution is -0.117. The third-order valence-electron chi connectivity index (χ3n) is 3.26. The fraction of sp³-hybridized carbons (Fsp3) is 0.300. The molecule has 0 heterocycles. The summed E-state index contributed by atoms with van der Waals surface area (Å²) in [5, 5.41) is 21.3. The Morgan fingerprint density at radius 2 is 1.29 bits per heavy atom. The zero-order valence-electron chi connectivity index (χ0n) is 17.1. The van der Waals surface area contributed by atoms with E-state index in [2.05, 4.69) is 85.0 Å². The summed E-state index contributed by atoms with van der Waals surface area (Å²) in [5.41, 5.74) is 6.12. The van der Waals surface area contributed by atoms with Gasteiger partial charge >= 0.3 is 0 Å². The van der Waals surface area contributed by atoms with Crippen LogP contribution >= 0.6 is 79.6 Å². The van der Waals surface area contributed by atoms with Crippen molar-refractivity contribution >= 4 is 102 Å². The number of nitrogens with one attached hydrogen (secondary N) is 1. The van der Waals surface area contributed by atoms with Crippen molar-refractivity contribution in [3.05, 3.63) is 45.3 Å². The molecule has 2 rings (SSSR count). The fourth-order valence-electron chi connectivity index (χ4n) is 1.42. The topological polar surface area (TPSA) is 113 Å². The molecule has 0 aliphatic heterocycles. The summed E-state index contributed by atoms with van der Waals surface area (Å²) in [6, 6.07) is 10.2. The molecule has 0 saturated carbocycles. The normalized spacial score (nSPS) is 10.7. The van der Waals surface area contributed by atoms with Crippen LogP contribution in [0.3, 0.4) is 0 Å². The number of hydrogen-bond donors (Lipinski definition) is 4.